The average molecular weight is 267 g/mol. The van der Waals surface area contributed by atoms with Crippen molar-refractivity contribution in [1.29, 1.82) is 0 Å². The number of nitrogens with zero attached hydrogens (tertiary/aromatic N) is 3. The Balaban J connectivity index is 2.32. The van der Waals surface area contributed by atoms with Gasteiger partial charge in [-0.3, -0.25) is 4.79 Å². The first kappa shape index (κ1) is 13.0. The summed E-state index contributed by atoms with van der Waals surface area (Å²) in [6, 6.07) is 0.207. The molecule has 1 aromatic rings. The maximum atomic E-state index is 11.4. The summed E-state index contributed by atoms with van der Waals surface area (Å²) in [6.07, 6.45) is 3.84. The van der Waals surface area contributed by atoms with Crippen molar-refractivity contribution in [3.8, 4) is 0 Å². The zero-order valence-electron chi connectivity index (χ0n) is 10.4. The number of allylic oxidation sites excluding steroid dienone is 2. The molecule has 0 atom stereocenters. The molecule has 0 aliphatic heterocycles. The van der Waals surface area contributed by atoms with E-state index in [1.165, 1.54) is 0 Å². The van der Waals surface area contributed by atoms with Crippen LogP contribution in [0.2, 0.25) is 5.28 Å². The van der Waals surface area contributed by atoms with Gasteiger partial charge in [-0.15, -0.1) is 0 Å². The molecule has 6 heteroatoms. The quantitative estimate of drug-likeness (QED) is 0.910. The van der Waals surface area contributed by atoms with E-state index in [2.05, 4.69) is 20.3 Å². The number of hydrogen-bond acceptors (Lipinski definition) is 5. The van der Waals surface area contributed by atoms with Crippen LogP contribution in [0.3, 0.4) is 0 Å². The minimum absolute atomic E-state index is 0.117. The molecule has 96 valence electrons. The molecule has 5 nitrogen and oxygen atoms in total. The van der Waals surface area contributed by atoms with Crippen molar-refractivity contribution in [2.24, 2.45) is 0 Å². The molecule has 0 radical (unpaired) electrons. The second-order valence-corrected chi connectivity index (χ2v) is 4.88. The van der Waals surface area contributed by atoms with Crippen molar-refractivity contribution < 1.29 is 4.79 Å². The van der Waals surface area contributed by atoms with E-state index in [-0.39, 0.29) is 17.1 Å². The normalized spacial score (nSPS) is 15.8. The van der Waals surface area contributed by atoms with Crippen LogP contribution in [0.1, 0.15) is 38.9 Å². The lowest BCUT2D eigenvalue weighted by atomic mass is 9.98. The van der Waals surface area contributed by atoms with Gasteiger partial charge in [0, 0.05) is 18.0 Å². The van der Waals surface area contributed by atoms with Crippen molar-refractivity contribution in [1.82, 2.24) is 15.0 Å². The maximum Gasteiger partial charge on any atom is 0.227 e. The van der Waals surface area contributed by atoms with Crippen molar-refractivity contribution in [2.75, 3.05) is 5.32 Å². The first-order valence-electron chi connectivity index (χ1n) is 5.96. The number of carbonyl (C=O) groups is 1. The third-order valence-corrected chi connectivity index (χ3v) is 2.69. The van der Waals surface area contributed by atoms with Gasteiger partial charge in [-0.25, -0.2) is 0 Å². The van der Waals surface area contributed by atoms with E-state index in [1.54, 1.807) is 6.08 Å². The van der Waals surface area contributed by atoms with Gasteiger partial charge in [0.2, 0.25) is 11.2 Å². The zero-order chi connectivity index (χ0) is 13.1. The van der Waals surface area contributed by atoms with E-state index >= 15 is 0 Å². The summed E-state index contributed by atoms with van der Waals surface area (Å²) in [5.74, 6) is 1.05. The summed E-state index contributed by atoms with van der Waals surface area (Å²) >= 11 is 5.87. The molecule has 1 aliphatic carbocycles. The molecular formula is C12H15ClN4O. The molecule has 0 amide bonds. The van der Waals surface area contributed by atoms with Gasteiger partial charge in [0.15, 0.2) is 11.6 Å². The average Bonchev–Trinajstić information content (AvgIpc) is 2.27. The number of anilines is 1. The second-order valence-electron chi connectivity index (χ2n) is 4.54. The minimum atomic E-state index is 0.117. The topological polar surface area (TPSA) is 67.8 Å². The highest BCUT2D eigenvalue weighted by Gasteiger charge is 2.15. The van der Waals surface area contributed by atoms with Crippen LogP contribution in [0.25, 0.3) is 5.57 Å². The smallest absolute Gasteiger partial charge is 0.227 e. The van der Waals surface area contributed by atoms with Crippen LogP contribution in [0.15, 0.2) is 6.08 Å². The minimum Gasteiger partial charge on any atom is -0.352 e. The number of rotatable bonds is 3. The van der Waals surface area contributed by atoms with Crippen molar-refractivity contribution >= 4 is 28.9 Å². The van der Waals surface area contributed by atoms with Gasteiger partial charge < -0.3 is 5.32 Å². The maximum absolute atomic E-state index is 11.4. The summed E-state index contributed by atoms with van der Waals surface area (Å²) < 4.78 is 0. The van der Waals surface area contributed by atoms with Gasteiger partial charge in [0.1, 0.15) is 0 Å². The summed E-state index contributed by atoms with van der Waals surface area (Å²) in [5, 5.41) is 3.22. The highest BCUT2D eigenvalue weighted by molar-refractivity contribution is 6.28. The molecule has 1 heterocycles. The molecule has 18 heavy (non-hydrogen) atoms. The lowest BCUT2D eigenvalue weighted by molar-refractivity contribution is -0.114. The lowest BCUT2D eigenvalue weighted by Gasteiger charge is -2.13. The highest BCUT2D eigenvalue weighted by atomic mass is 35.5. The molecule has 0 bridgehead atoms. The molecule has 1 aliphatic rings. The van der Waals surface area contributed by atoms with Crippen LogP contribution in [0, 0.1) is 0 Å². The highest BCUT2D eigenvalue weighted by Crippen LogP contribution is 2.24. The first-order chi connectivity index (χ1) is 8.54. The van der Waals surface area contributed by atoms with Gasteiger partial charge in [-0.05, 0) is 44.4 Å². The molecule has 0 aromatic carbocycles. The van der Waals surface area contributed by atoms with E-state index in [4.69, 9.17) is 11.6 Å². The number of hydrogen-bond donors (Lipinski definition) is 1. The van der Waals surface area contributed by atoms with Crippen LogP contribution in [0.4, 0.5) is 5.95 Å². The fourth-order valence-electron chi connectivity index (χ4n) is 1.78. The molecule has 0 saturated heterocycles. The fourth-order valence-corrected chi connectivity index (χ4v) is 1.94. The van der Waals surface area contributed by atoms with Crippen molar-refractivity contribution in [3.63, 3.8) is 0 Å². The van der Waals surface area contributed by atoms with Crippen LogP contribution in [-0.2, 0) is 4.79 Å². The van der Waals surface area contributed by atoms with E-state index < -0.39 is 0 Å². The van der Waals surface area contributed by atoms with Gasteiger partial charge in [0.05, 0.1) is 0 Å². The molecule has 0 saturated carbocycles. The van der Waals surface area contributed by atoms with E-state index in [9.17, 15) is 4.79 Å². The number of carbonyl (C=O) groups excluding carboxylic acids is 1. The molecule has 1 aromatic heterocycles. The molecule has 0 unspecified atom stereocenters. The van der Waals surface area contributed by atoms with Gasteiger partial charge in [-0.2, -0.15) is 15.0 Å². The Bertz CT molecular complexity index is 499. The van der Waals surface area contributed by atoms with E-state index in [0.717, 1.165) is 18.4 Å². The second kappa shape index (κ2) is 5.44. The van der Waals surface area contributed by atoms with Crippen LogP contribution < -0.4 is 5.32 Å². The number of halogens is 1. The van der Waals surface area contributed by atoms with Crippen molar-refractivity contribution in [3.05, 3.63) is 17.2 Å². The Morgan fingerprint density at radius 1 is 1.28 bits per heavy atom. The lowest BCUT2D eigenvalue weighted by Crippen LogP contribution is -2.14. The summed E-state index contributed by atoms with van der Waals surface area (Å²) in [7, 11) is 0. The molecular weight excluding hydrogens is 252 g/mol. The number of aromatic nitrogens is 3. The SMILES string of the molecule is CC(C)Nc1nc(Cl)nc(C2=CC(=O)CCC2)n1. The van der Waals surface area contributed by atoms with Crippen LogP contribution >= 0.6 is 11.6 Å². The standard InChI is InChI=1S/C12H15ClN4O/c1-7(2)14-12-16-10(15-11(13)17-12)8-4-3-5-9(18)6-8/h6-7H,3-5H2,1-2H3,(H,14,15,16,17). The summed E-state index contributed by atoms with van der Waals surface area (Å²) in [5.41, 5.74) is 0.836. The predicted molar refractivity (Wildman–Crippen MR) is 70.4 cm³/mol. The molecule has 2 rings (SSSR count). The van der Waals surface area contributed by atoms with Gasteiger partial charge in [-0.1, -0.05) is 0 Å². The van der Waals surface area contributed by atoms with Gasteiger partial charge >= 0.3 is 0 Å². The molecule has 0 spiro atoms. The Hall–Kier alpha value is -1.49. The summed E-state index contributed by atoms with van der Waals surface area (Å²) in [6.45, 7) is 3.97. The third-order valence-electron chi connectivity index (χ3n) is 2.52. The Kier molecular flexibility index (Phi) is 3.91. The van der Waals surface area contributed by atoms with E-state index in [0.29, 0.717) is 18.2 Å². The van der Waals surface area contributed by atoms with Crippen LogP contribution in [-0.4, -0.2) is 26.8 Å². The van der Waals surface area contributed by atoms with Crippen molar-refractivity contribution in [2.45, 2.75) is 39.2 Å². The van der Waals surface area contributed by atoms with E-state index in [1.807, 2.05) is 13.8 Å². The summed E-state index contributed by atoms with van der Waals surface area (Å²) in [4.78, 5) is 23.8. The van der Waals surface area contributed by atoms with Crippen LogP contribution in [0.5, 0.6) is 0 Å². The Morgan fingerprint density at radius 2 is 2.06 bits per heavy atom. The molecule has 1 N–H and O–H groups in total. The zero-order valence-corrected chi connectivity index (χ0v) is 11.2. The Morgan fingerprint density at radius 3 is 2.72 bits per heavy atom. The molecule has 0 fully saturated rings. The predicted octanol–water partition coefficient (Wildman–Crippen LogP) is 2.48. The third kappa shape index (κ3) is 3.26. The Labute approximate surface area is 111 Å². The fraction of sp³-hybridized carbons (Fsp3) is 0.500. The largest absolute Gasteiger partial charge is 0.352 e. The first-order valence-corrected chi connectivity index (χ1v) is 6.34. The number of ketones is 1. The number of nitrogens with one attached hydrogen (secondary N) is 1. The van der Waals surface area contributed by atoms with Gasteiger partial charge in [0.25, 0.3) is 0 Å². The monoisotopic (exact) mass is 266 g/mol.